The first-order chi connectivity index (χ1) is 7.29. The average Bonchev–Trinajstić information content (AvgIpc) is 2.23. The molecule has 3 nitrogen and oxygen atoms in total. The van der Waals surface area contributed by atoms with Gasteiger partial charge in [0.15, 0.2) is 0 Å². The molecule has 0 aromatic carbocycles. The zero-order chi connectivity index (χ0) is 11.1. The van der Waals surface area contributed by atoms with E-state index >= 15 is 0 Å². The summed E-state index contributed by atoms with van der Waals surface area (Å²) < 4.78 is 0. The van der Waals surface area contributed by atoms with Crippen molar-refractivity contribution < 1.29 is 0 Å². The van der Waals surface area contributed by atoms with Crippen molar-refractivity contribution >= 4 is 0 Å². The zero-order valence-corrected chi connectivity index (χ0v) is 9.88. The van der Waals surface area contributed by atoms with Gasteiger partial charge >= 0.3 is 0 Å². The molecule has 1 aliphatic carbocycles. The van der Waals surface area contributed by atoms with Crippen LogP contribution in [0.3, 0.4) is 0 Å². The Labute approximate surface area is 93.8 Å². The number of hydrogen-bond donors (Lipinski definition) is 3. The van der Waals surface area contributed by atoms with Gasteiger partial charge in [-0.05, 0) is 63.1 Å². The summed E-state index contributed by atoms with van der Waals surface area (Å²) in [4.78, 5) is 0. The van der Waals surface area contributed by atoms with Crippen molar-refractivity contribution in [3.8, 4) is 0 Å². The predicted octanol–water partition coefficient (Wildman–Crippen LogP) is 1.21. The van der Waals surface area contributed by atoms with Crippen molar-refractivity contribution in [1.82, 2.24) is 0 Å². The standard InChI is InChI=1S/C12H27N3/c13-8-4-11-3-1-2-5-12(11,6-9-14)7-10-15/h11H,1-10,13-15H2. The van der Waals surface area contributed by atoms with Crippen LogP contribution in [0.5, 0.6) is 0 Å². The quantitative estimate of drug-likeness (QED) is 0.620. The highest BCUT2D eigenvalue weighted by Gasteiger charge is 2.38. The van der Waals surface area contributed by atoms with Crippen LogP contribution in [0.15, 0.2) is 0 Å². The molecule has 6 N–H and O–H groups in total. The molecule has 1 saturated carbocycles. The molecule has 0 heterocycles. The maximum Gasteiger partial charge on any atom is -0.00719 e. The highest BCUT2D eigenvalue weighted by atomic mass is 14.6. The van der Waals surface area contributed by atoms with Gasteiger partial charge in [0, 0.05) is 0 Å². The second-order valence-electron chi connectivity index (χ2n) is 4.96. The lowest BCUT2D eigenvalue weighted by Crippen LogP contribution is -2.38. The van der Waals surface area contributed by atoms with Gasteiger partial charge in [0.1, 0.15) is 0 Å². The highest BCUT2D eigenvalue weighted by molar-refractivity contribution is 4.90. The first kappa shape index (κ1) is 12.9. The van der Waals surface area contributed by atoms with Crippen LogP contribution in [-0.4, -0.2) is 19.6 Å². The average molecular weight is 213 g/mol. The third-order valence-corrected chi connectivity index (χ3v) is 4.14. The number of nitrogens with two attached hydrogens (primary N) is 3. The maximum atomic E-state index is 5.76. The van der Waals surface area contributed by atoms with Crippen molar-refractivity contribution in [2.45, 2.75) is 44.9 Å². The Morgan fingerprint density at radius 2 is 1.60 bits per heavy atom. The Bertz CT molecular complexity index is 157. The Hall–Kier alpha value is -0.120. The van der Waals surface area contributed by atoms with Gasteiger partial charge in [-0.3, -0.25) is 0 Å². The molecule has 0 radical (unpaired) electrons. The van der Waals surface area contributed by atoms with Crippen LogP contribution in [0.1, 0.15) is 44.9 Å². The molecule has 0 spiro atoms. The second kappa shape index (κ2) is 6.46. The van der Waals surface area contributed by atoms with Gasteiger partial charge in [0.2, 0.25) is 0 Å². The lowest BCUT2D eigenvalue weighted by Gasteiger charge is -2.44. The summed E-state index contributed by atoms with van der Waals surface area (Å²) >= 11 is 0. The second-order valence-corrected chi connectivity index (χ2v) is 4.96. The molecule has 0 saturated heterocycles. The largest absolute Gasteiger partial charge is 0.330 e. The molecule has 1 unspecified atom stereocenters. The molecule has 90 valence electrons. The van der Waals surface area contributed by atoms with Crippen LogP contribution in [0, 0.1) is 11.3 Å². The van der Waals surface area contributed by atoms with E-state index in [1.165, 1.54) is 25.7 Å². The summed E-state index contributed by atoms with van der Waals surface area (Å²) in [6.45, 7) is 2.39. The fourth-order valence-electron chi connectivity index (χ4n) is 3.39. The van der Waals surface area contributed by atoms with E-state index in [0.29, 0.717) is 5.41 Å². The molecular formula is C12H27N3. The molecule has 0 bridgehead atoms. The van der Waals surface area contributed by atoms with Crippen molar-refractivity contribution in [3.05, 3.63) is 0 Å². The van der Waals surface area contributed by atoms with Crippen LogP contribution in [0.25, 0.3) is 0 Å². The summed E-state index contributed by atoms with van der Waals surface area (Å²) in [6, 6.07) is 0. The minimum Gasteiger partial charge on any atom is -0.330 e. The summed E-state index contributed by atoms with van der Waals surface area (Å²) in [5, 5.41) is 0. The van der Waals surface area contributed by atoms with E-state index in [-0.39, 0.29) is 0 Å². The van der Waals surface area contributed by atoms with E-state index in [2.05, 4.69) is 0 Å². The Morgan fingerprint density at radius 1 is 0.933 bits per heavy atom. The molecule has 3 heteroatoms. The molecule has 0 amide bonds. The minimum atomic E-state index is 0.418. The van der Waals surface area contributed by atoms with Gasteiger partial charge in [-0.15, -0.1) is 0 Å². The van der Waals surface area contributed by atoms with Crippen molar-refractivity contribution in [1.29, 1.82) is 0 Å². The van der Waals surface area contributed by atoms with E-state index in [4.69, 9.17) is 17.2 Å². The summed E-state index contributed by atoms with van der Waals surface area (Å²) in [5.74, 6) is 0.767. The molecule has 0 aliphatic heterocycles. The van der Waals surface area contributed by atoms with Crippen LogP contribution >= 0.6 is 0 Å². The SMILES string of the molecule is NCCC1CCCCC1(CCN)CCN. The highest BCUT2D eigenvalue weighted by Crippen LogP contribution is 2.47. The van der Waals surface area contributed by atoms with Crippen molar-refractivity contribution in [2.75, 3.05) is 19.6 Å². The van der Waals surface area contributed by atoms with Gasteiger partial charge in [-0.25, -0.2) is 0 Å². The Balaban J connectivity index is 2.68. The van der Waals surface area contributed by atoms with Crippen LogP contribution in [0.4, 0.5) is 0 Å². The summed E-state index contributed by atoms with van der Waals surface area (Å²) in [7, 11) is 0. The van der Waals surface area contributed by atoms with E-state index in [9.17, 15) is 0 Å². The van der Waals surface area contributed by atoms with Crippen LogP contribution in [0.2, 0.25) is 0 Å². The molecular weight excluding hydrogens is 186 g/mol. The normalized spacial score (nSPS) is 25.4. The van der Waals surface area contributed by atoms with Crippen molar-refractivity contribution in [3.63, 3.8) is 0 Å². The van der Waals surface area contributed by atoms with Gasteiger partial charge in [-0.1, -0.05) is 12.8 Å². The van der Waals surface area contributed by atoms with Crippen LogP contribution in [-0.2, 0) is 0 Å². The molecule has 1 rings (SSSR count). The topological polar surface area (TPSA) is 78.1 Å². The van der Waals surface area contributed by atoms with Crippen LogP contribution < -0.4 is 17.2 Å². The fraction of sp³-hybridized carbons (Fsp3) is 1.00. The van der Waals surface area contributed by atoms with E-state index in [1.54, 1.807) is 0 Å². The molecule has 1 aliphatic rings. The van der Waals surface area contributed by atoms with Gasteiger partial charge in [0.05, 0.1) is 0 Å². The number of hydrogen-bond acceptors (Lipinski definition) is 3. The minimum absolute atomic E-state index is 0.418. The van der Waals surface area contributed by atoms with E-state index in [0.717, 1.165) is 44.8 Å². The predicted molar refractivity (Wildman–Crippen MR) is 65.4 cm³/mol. The lowest BCUT2D eigenvalue weighted by molar-refractivity contribution is 0.0719. The first-order valence-corrected chi connectivity index (χ1v) is 6.39. The third-order valence-electron chi connectivity index (χ3n) is 4.14. The van der Waals surface area contributed by atoms with E-state index < -0.39 is 0 Å². The van der Waals surface area contributed by atoms with Gasteiger partial charge in [-0.2, -0.15) is 0 Å². The third kappa shape index (κ3) is 3.16. The fourth-order valence-corrected chi connectivity index (χ4v) is 3.39. The molecule has 1 atom stereocenters. The number of rotatable bonds is 6. The van der Waals surface area contributed by atoms with Gasteiger partial charge in [0.25, 0.3) is 0 Å². The Kier molecular flexibility index (Phi) is 5.58. The molecule has 15 heavy (non-hydrogen) atoms. The maximum absolute atomic E-state index is 5.76. The lowest BCUT2D eigenvalue weighted by atomic mass is 9.61. The first-order valence-electron chi connectivity index (χ1n) is 6.39. The molecule has 0 aromatic heterocycles. The molecule has 1 fully saturated rings. The Morgan fingerprint density at radius 3 is 2.13 bits per heavy atom. The zero-order valence-electron chi connectivity index (χ0n) is 9.88. The smallest absolute Gasteiger partial charge is 0.00719 e. The monoisotopic (exact) mass is 213 g/mol. The van der Waals surface area contributed by atoms with Crippen molar-refractivity contribution in [2.24, 2.45) is 28.5 Å². The van der Waals surface area contributed by atoms with Gasteiger partial charge < -0.3 is 17.2 Å². The summed E-state index contributed by atoms with van der Waals surface area (Å²) in [6.07, 6.45) is 8.77. The van der Waals surface area contributed by atoms with E-state index in [1.807, 2.05) is 0 Å². The molecule has 0 aromatic rings. The summed E-state index contributed by atoms with van der Waals surface area (Å²) in [5.41, 5.74) is 17.7.